The number of nitrogens with two attached hydrogens (primary N) is 1. The van der Waals surface area contributed by atoms with Crippen molar-refractivity contribution < 1.29 is 0 Å². The summed E-state index contributed by atoms with van der Waals surface area (Å²) < 4.78 is 0. The summed E-state index contributed by atoms with van der Waals surface area (Å²) in [5, 5.41) is 0. The van der Waals surface area contributed by atoms with Crippen LogP contribution >= 0.6 is 0 Å². The number of hydrogen-bond acceptors (Lipinski definition) is 3. The molecule has 0 aliphatic rings. The molecular weight excluding hydrogens is 158 g/mol. The predicted molar refractivity (Wildman–Crippen MR) is 44.9 cm³/mol. The predicted octanol–water partition coefficient (Wildman–Crippen LogP) is -0.743. The molecule has 0 aliphatic heterocycles. The van der Waals surface area contributed by atoms with Gasteiger partial charge in [-0.15, -0.1) is 0 Å². The van der Waals surface area contributed by atoms with Gasteiger partial charge in [0.1, 0.15) is 0 Å². The monoisotopic (exact) mass is 169 g/mol. The van der Waals surface area contributed by atoms with E-state index in [1.165, 1.54) is 6.07 Å². The Labute approximate surface area is 68.6 Å². The summed E-state index contributed by atoms with van der Waals surface area (Å²) in [6, 6.07) is 1.28. The van der Waals surface area contributed by atoms with Crippen molar-refractivity contribution in [3.05, 3.63) is 32.6 Å². The Morgan fingerprint density at radius 1 is 1.33 bits per heavy atom. The van der Waals surface area contributed by atoms with Crippen molar-refractivity contribution in [2.75, 3.05) is 0 Å². The zero-order valence-electron chi connectivity index (χ0n) is 6.97. The lowest BCUT2D eigenvalue weighted by Crippen LogP contribution is -2.35. The summed E-state index contributed by atoms with van der Waals surface area (Å²) in [6.07, 6.45) is 0. The minimum Gasteiger partial charge on any atom is -0.321 e. The van der Waals surface area contributed by atoms with Crippen molar-refractivity contribution in [1.82, 2.24) is 9.97 Å². The molecule has 5 heteroatoms. The molecule has 0 atom stereocenters. The van der Waals surface area contributed by atoms with Crippen LogP contribution in [0, 0.1) is 0 Å². The largest absolute Gasteiger partial charge is 0.325 e. The fourth-order valence-corrected chi connectivity index (χ4v) is 0.816. The maximum atomic E-state index is 10.8. The van der Waals surface area contributed by atoms with Crippen LogP contribution in [0.4, 0.5) is 0 Å². The highest BCUT2D eigenvalue weighted by atomic mass is 16.2. The van der Waals surface area contributed by atoms with Crippen LogP contribution in [0.1, 0.15) is 19.5 Å². The topological polar surface area (TPSA) is 91.7 Å². The second-order valence-corrected chi connectivity index (χ2v) is 3.22. The van der Waals surface area contributed by atoms with Crippen LogP contribution in [-0.2, 0) is 5.54 Å². The Bertz CT molecular complexity index is 354. The van der Waals surface area contributed by atoms with Gasteiger partial charge in [0.05, 0.1) is 5.54 Å². The molecule has 0 aromatic carbocycles. The van der Waals surface area contributed by atoms with E-state index in [1.54, 1.807) is 13.8 Å². The van der Waals surface area contributed by atoms with Crippen LogP contribution in [0.25, 0.3) is 0 Å². The zero-order chi connectivity index (χ0) is 9.35. The minimum atomic E-state index is -0.701. The summed E-state index contributed by atoms with van der Waals surface area (Å²) in [5.74, 6) is 0. The Balaban J connectivity index is 3.37. The minimum absolute atomic E-state index is 0.427. The maximum Gasteiger partial charge on any atom is 0.325 e. The van der Waals surface area contributed by atoms with E-state index in [4.69, 9.17) is 5.73 Å². The van der Waals surface area contributed by atoms with Gasteiger partial charge in [-0.3, -0.25) is 9.78 Å². The summed E-state index contributed by atoms with van der Waals surface area (Å²) in [4.78, 5) is 26.1. The fourth-order valence-electron chi connectivity index (χ4n) is 0.816. The van der Waals surface area contributed by atoms with Gasteiger partial charge in [-0.25, -0.2) is 4.79 Å². The first-order valence-corrected chi connectivity index (χ1v) is 3.52. The van der Waals surface area contributed by atoms with Crippen molar-refractivity contribution in [1.29, 1.82) is 0 Å². The van der Waals surface area contributed by atoms with Crippen molar-refractivity contribution in [3.63, 3.8) is 0 Å². The highest BCUT2D eigenvalue weighted by molar-refractivity contribution is 5.08. The standard InChI is InChI=1S/C7H11N3O2/c1-7(2,8)4-3-5(11)10-6(12)9-4/h3H,8H2,1-2H3,(H2,9,10,11,12). The number of nitrogens with one attached hydrogen (secondary N) is 2. The van der Waals surface area contributed by atoms with E-state index < -0.39 is 16.8 Å². The highest BCUT2D eigenvalue weighted by Crippen LogP contribution is 2.09. The van der Waals surface area contributed by atoms with Gasteiger partial charge < -0.3 is 10.7 Å². The van der Waals surface area contributed by atoms with Gasteiger partial charge in [0.15, 0.2) is 0 Å². The molecule has 1 heterocycles. The molecule has 0 amide bonds. The molecule has 66 valence electrons. The van der Waals surface area contributed by atoms with E-state index in [0.29, 0.717) is 5.69 Å². The average molecular weight is 169 g/mol. The second kappa shape index (κ2) is 2.60. The van der Waals surface area contributed by atoms with E-state index in [1.807, 2.05) is 0 Å². The molecule has 0 radical (unpaired) electrons. The lowest BCUT2D eigenvalue weighted by Gasteiger charge is -2.17. The first-order chi connectivity index (χ1) is 5.39. The quantitative estimate of drug-likeness (QED) is 0.517. The average Bonchev–Trinajstić information content (AvgIpc) is 1.82. The van der Waals surface area contributed by atoms with E-state index in [0.717, 1.165) is 0 Å². The Hall–Kier alpha value is -1.36. The molecule has 0 fully saturated rings. The smallest absolute Gasteiger partial charge is 0.321 e. The SMILES string of the molecule is CC(C)(N)c1cc(=O)[nH]c(=O)[nH]1. The molecule has 1 aromatic heterocycles. The molecule has 0 bridgehead atoms. The normalized spacial score (nSPS) is 11.6. The summed E-state index contributed by atoms with van der Waals surface area (Å²) in [7, 11) is 0. The summed E-state index contributed by atoms with van der Waals surface area (Å²) in [6.45, 7) is 3.41. The molecule has 0 saturated carbocycles. The summed E-state index contributed by atoms with van der Waals surface area (Å²) >= 11 is 0. The fraction of sp³-hybridized carbons (Fsp3) is 0.429. The number of rotatable bonds is 1. The van der Waals surface area contributed by atoms with Crippen LogP contribution < -0.4 is 17.0 Å². The highest BCUT2D eigenvalue weighted by Gasteiger charge is 2.15. The third-order valence-electron chi connectivity index (χ3n) is 1.45. The van der Waals surface area contributed by atoms with Gasteiger partial charge in [0, 0.05) is 11.8 Å². The van der Waals surface area contributed by atoms with E-state index in [-0.39, 0.29) is 0 Å². The van der Waals surface area contributed by atoms with Crippen LogP contribution in [0.15, 0.2) is 15.7 Å². The van der Waals surface area contributed by atoms with Gasteiger partial charge in [0.25, 0.3) is 5.56 Å². The van der Waals surface area contributed by atoms with Gasteiger partial charge in [0.2, 0.25) is 0 Å². The lowest BCUT2D eigenvalue weighted by atomic mass is 10.0. The zero-order valence-corrected chi connectivity index (χ0v) is 6.97. The van der Waals surface area contributed by atoms with Gasteiger partial charge in [-0.05, 0) is 13.8 Å². The molecular formula is C7H11N3O2. The number of aromatic amines is 2. The Morgan fingerprint density at radius 2 is 1.92 bits per heavy atom. The molecule has 12 heavy (non-hydrogen) atoms. The molecule has 0 unspecified atom stereocenters. The first-order valence-electron chi connectivity index (χ1n) is 3.52. The van der Waals surface area contributed by atoms with Gasteiger partial charge in [-0.2, -0.15) is 0 Å². The molecule has 4 N–H and O–H groups in total. The van der Waals surface area contributed by atoms with Crippen LogP contribution in [-0.4, -0.2) is 9.97 Å². The number of aromatic nitrogens is 2. The van der Waals surface area contributed by atoms with Crippen LogP contribution in [0.5, 0.6) is 0 Å². The molecule has 5 nitrogen and oxygen atoms in total. The third kappa shape index (κ3) is 1.82. The molecule has 1 rings (SSSR count). The Kier molecular flexibility index (Phi) is 1.89. The van der Waals surface area contributed by atoms with E-state index in [9.17, 15) is 9.59 Å². The third-order valence-corrected chi connectivity index (χ3v) is 1.45. The van der Waals surface area contributed by atoms with Crippen LogP contribution in [0.2, 0.25) is 0 Å². The van der Waals surface area contributed by atoms with Gasteiger partial charge >= 0.3 is 5.69 Å². The lowest BCUT2D eigenvalue weighted by molar-refractivity contribution is 0.529. The van der Waals surface area contributed by atoms with Crippen LogP contribution in [0.3, 0.4) is 0 Å². The number of hydrogen-bond donors (Lipinski definition) is 3. The van der Waals surface area contributed by atoms with E-state index in [2.05, 4.69) is 9.97 Å². The van der Waals surface area contributed by atoms with E-state index >= 15 is 0 Å². The van der Waals surface area contributed by atoms with Crippen molar-refractivity contribution in [3.8, 4) is 0 Å². The number of H-pyrrole nitrogens is 2. The maximum absolute atomic E-state index is 10.8. The molecule has 1 aromatic rings. The van der Waals surface area contributed by atoms with Crippen molar-refractivity contribution in [2.24, 2.45) is 5.73 Å². The molecule has 0 spiro atoms. The second-order valence-electron chi connectivity index (χ2n) is 3.22. The molecule has 0 saturated heterocycles. The Morgan fingerprint density at radius 3 is 2.33 bits per heavy atom. The van der Waals surface area contributed by atoms with Gasteiger partial charge in [-0.1, -0.05) is 0 Å². The van der Waals surface area contributed by atoms with Crippen molar-refractivity contribution >= 4 is 0 Å². The van der Waals surface area contributed by atoms with Crippen molar-refractivity contribution in [2.45, 2.75) is 19.4 Å². The summed E-state index contributed by atoms with van der Waals surface area (Å²) in [5.41, 5.74) is 4.43. The molecule has 0 aliphatic carbocycles. The first kappa shape index (κ1) is 8.73.